The van der Waals surface area contributed by atoms with Crippen LogP contribution < -0.4 is 4.74 Å². The van der Waals surface area contributed by atoms with Crippen LogP contribution in [0.4, 0.5) is 0 Å². The smallest absolute Gasteiger partial charge is 0.119 e. The van der Waals surface area contributed by atoms with Gasteiger partial charge in [0, 0.05) is 0 Å². The molecule has 0 spiro atoms. The summed E-state index contributed by atoms with van der Waals surface area (Å²) in [5.41, 5.74) is -0.0138. The van der Waals surface area contributed by atoms with E-state index >= 15 is 0 Å². The van der Waals surface area contributed by atoms with Gasteiger partial charge >= 0.3 is 0 Å². The second-order valence-corrected chi connectivity index (χ2v) is 4.51. The van der Waals surface area contributed by atoms with Gasteiger partial charge in [0.05, 0.1) is 18.1 Å². The van der Waals surface area contributed by atoms with Gasteiger partial charge in [-0.05, 0) is 37.8 Å². The van der Waals surface area contributed by atoms with Crippen LogP contribution in [0, 0.1) is 16.7 Å². The Labute approximate surface area is 96.9 Å². The number of para-hydroxylation sites is 1. The normalized spacial score (nSPS) is 17.2. The number of rotatable bonds is 5. The van der Waals surface area contributed by atoms with Crippen LogP contribution in [0.15, 0.2) is 30.3 Å². The van der Waals surface area contributed by atoms with Crippen LogP contribution in [0.1, 0.15) is 32.1 Å². The zero-order valence-electron chi connectivity index (χ0n) is 9.48. The van der Waals surface area contributed by atoms with Crippen LogP contribution in [0.2, 0.25) is 0 Å². The monoisotopic (exact) mass is 215 g/mol. The van der Waals surface area contributed by atoms with Crippen LogP contribution in [0.3, 0.4) is 0 Å². The molecular formula is C14H17NO. The third kappa shape index (κ3) is 2.55. The summed E-state index contributed by atoms with van der Waals surface area (Å²) < 4.78 is 5.61. The van der Waals surface area contributed by atoms with Gasteiger partial charge in [0.1, 0.15) is 5.75 Å². The minimum atomic E-state index is -0.0138. The fourth-order valence-electron chi connectivity index (χ4n) is 2.14. The minimum absolute atomic E-state index is 0.0138. The molecule has 0 heterocycles. The average Bonchev–Trinajstić information content (AvgIpc) is 2.29. The van der Waals surface area contributed by atoms with Crippen molar-refractivity contribution in [1.29, 1.82) is 5.26 Å². The van der Waals surface area contributed by atoms with Gasteiger partial charge in [0.2, 0.25) is 0 Å². The van der Waals surface area contributed by atoms with Gasteiger partial charge in [-0.2, -0.15) is 5.26 Å². The number of benzene rings is 1. The molecule has 84 valence electrons. The molecule has 0 unspecified atom stereocenters. The Balaban J connectivity index is 1.68. The molecule has 1 aromatic carbocycles. The first kappa shape index (κ1) is 11.0. The van der Waals surface area contributed by atoms with Gasteiger partial charge in [-0.25, -0.2) is 0 Å². The molecule has 1 aliphatic rings. The number of hydrogen-bond donors (Lipinski definition) is 0. The van der Waals surface area contributed by atoms with E-state index < -0.39 is 0 Å². The molecule has 0 amide bonds. The number of nitriles is 1. The largest absolute Gasteiger partial charge is 0.494 e. The minimum Gasteiger partial charge on any atom is -0.494 e. The molecule has 0 N–H and O–H groups in total. The van der Waals surface area contributed by atoms with E-state index in [1.807, 2.05) is 30.3 Å². The standard InChI is InChI=1S/C14H17NO/c15-12-14(8-4-9-14)10-5-11-16-13-6-2-1-3-7-13/h1-3,6-7H,4-5,8-11H2. The molecule has 2 heteroatoms. The Hall–Kier alpha value is -1.49. The molecule has 16 heavy (non-hydrogen) atoms. The van der Waals surface area contributed by atoms with Gasteiger partial charge < -0.3 is 4.74 Å². The predicted molar refractivity (Wildman–Crippen MR) is 63.1 cm³/mol. The maximum absolute atomic E-state index is 9.06. The third-order valence-electron chi connectivity index (χ3n) is 3.36. The summed E-state index contributed by atoms with van der Waals surface area (Å²) in [6.07, 6.45) is 5.33. The molecule has 2 nitrogen and oxygen atoms in total. The molecule has 1 aliphatic carbocycles. The molecular weight excluding hydrogens is 198 g/mol. The van der Waals surface area contributed by atoms with E-state index in [1.165, 1.54) is 6.42 Å². The molecule has 0 bridgehead atoms. The highest BCUT2D eigenvalue weighted by Gasteiger charge is 2.36. The highest BCUT2D eigenvalue weighted by molar-refractivity contribution is 5.20. The van der Waals surface area contributed by atoms with E-state index in [-0.39, 0.29) is 5.41 Å². The van der Waals surface area contributed by atoms with Crippen molar-refractivity contribution in [1.82, 2.24) is 0 Å². The molecule has 2 rings (SSSR count). The molecule has 0 aromatic heterocycles. The Morgan fingerprint density at radius 1 is 1.25 bits per heavy atom. The van der Waals surface area contributed by atoms with Crippen LogP contribution in [0.5, 0.6) is 5.75 Å². The Morgan fingerprint density at radius 2 is 2.00 bits per heavy atom. The zero-order valence-corrected chi connectivity index (χ0v) is 9.48. The summed E-state index contributed by atoms with van der Waals surface area (Å²) in [4.78, 5) is 0. The number of nitrogens with zero attached hydrogens (tertiary/aromatic N) is 1. The molecule has 0 radical (unpaired) electrons. The van der Waals surface area contributed by atoms with E-state index in [0.717, 1.165) is 31.4 Å². The van der Waals surface area contributed by atoms with Gasteiger partial charge in [-0.3, -0.25) is 0 Å². The van der Waals surface area contributed by atoms with Gasteiger partial charge in [-0.1, -0.05) is 24.6 Å². The van der Waals surface area contributed by atoms with Gasteiger partial charge in [-0.15, -0.1) is 0 Å². The van der Waals surface area contributed by atoms with Crippen molar-refractivity contribution < 1.29 is 4.74 Å². The Morgan fingerprint density at radius 3 is 2.56 bits per heavy atom. The molecule has 0 saturated heterocycles. The molecule has 1 aromatic rings. The topological polar surface area (TPSA) is 33.0 Å². The molecule has 0 atom stereocenters. The lowest BCUT2D eigenvalue weighted by atomic mass is 9.67. The fraction of sp³-hybridized carbons (Fsp3) is 0.500. The van der Waals surface area contributed by atoms with Crippen LogP contribution in [-0.2, 0) is 0 Å². The van der Waals surface area contributed by atoms with Crippen molar-refractivity contribution in [2.24, 2.45) is 5.41 Å². The van der Waals surface area contributed by atoms with Crippen molar-refractivity contribution in [3.05, 3.63) is 30.3 Å². The highest BCUT2D eigenvalue weighted by atomic mass is 16.5. The highest BCUT2D eigenvalue weighted by Crippen LogP contribution is 2.43. The van der Waals surface area contributed by atoms with Crippen molar-refractivity contribution in [2.45, 2.75) is 32.1 Å². The maximum atomic E-state index is 9.06. The quantitative estimate of drug-likeness (QED) is 0.704. The summed E-state index contributed by atoms with van der Waals surface area (Å²) >= 11 is 0. The molecule has 0 aliphatic heterocycles. The van der Waals surface area contributed by atoms with Crippen molar-refractivity contribution in [2.75, 3.05) is 6.61 Å². The van der Waals surface area contributed by atoms with Crippen LogP contribution in [0.25, 0.3) is 0 Å². The first-order valence-corrected chi connectivity index (χ1v) is 5.94. The zero-order chi connectivity index (χ0) is 11.3. The first-order valence-electron chi connectivity index (χ1n) is 5.94. The third-order valence-corrected chi connectivity index (χ3v) is 3.36. The summed E-state index contributed by atoms with van der Waals surface area (Å²) in [6.45, 7) is 0.716. The van der Waals surface area contributed by atoms with Crippen LogP contribution in [-0.4, -0.2) is 6.61 Å². The van der Waals surface area contributed by atoms with E-state index in [1.54, 1.807) is 0 Å². The summed E-state index contributed by atoms with van der Waals surface area (Å²) in [7, 11) is 0. The second kappa shape index (κ2) is 5.03. The first-order chi connectivity index (χ1) is 7.85. The lowest BCUT2D eigenvalue weighted by Crippen LogP contribution is -2.27. The predicted octanol–water partition coefficient (Wildman–Crippen LogP) is 3.54. The van der Waals surface area contributed by atoms with Gasteiger partial charge in [0.25, 0.3) is 0 Å². The van der Waals surface area contributed by atoms with E-state index in [9.17, 15) is 0 Å². The lowest BCUT2D eigenvalue weighted by Gasteiger charge is -2.35. The van der Waals surface area contributed by atoms with E-state index in [4.69, 9.17) is 10.00 Å². The lowest BCUT2D eigenvalue weighted by molar-refractivity contribution is 0.176. The van der Waals surface area contributed by atoms with Crippen molar-refractivity contribution in [3.63, 3.8) is 0 Å². The second-order valence-electron chi connectivity index (χ2n) is 4.51. The summed E-state index contributed by atoms with van der Waals surface area (Å²) in [6, 6.07) is 12.3. The van der Waals surface area contributed by atoms with E-state index in [2.05, 4.69) is 6.07 Å². The van der Waals surface area contributed by atoms with Gasteiger partial charge in [0.15, 0.2) is 0 Å². The Bertz CT molecular complexity index is 362. The summed E-state index contributed by atoms with van der Waals surface area (Å²) in [5, 5.41) is 9.06. The van der Waals surface area contributed by atoms with E-state index in [0.29, 0.717) is 6.61 Å². The SMILES string of the molecule is N#CC1(CCCOc2ccccc2)CCC1. The average molecular weight is 215 g/mol. The molecule has 1 fully saturated rings. The van der Waals surface area contributed by atoms with Crippen molar-refractivity contribution >= 4 is 0 Å². The number of ether oxygens (including phenoxy) is 1. The van der Waals surface area contributed by atoms with Crippen molar-refractivity contribution in [3.8, 4) is 11.8 Å². The molecule has 1 saturated carbocycles. The summed E-state index contributed by atoms with van der Waals surface area (Å²) in [5.74, 6) is 0.919. The number of hydrogen-bond acceptors (Lipinski definition) is 2. The maximum Gasteiger partial charge on any atom is 0.119 e. The fourth-order valence-corrected chi connectivity index (χ4v) is 2.14. The Kier molecular flexibility index (Phi) is 3.46. The van der Waals surface area contributed by atoms with Crippen LogP contribution >= 0.6 is 0 Å².